The topological polar surface area (TPSA) is 98.7 Å². The monoisotopic (exact) mass is 269 g/mol. The minimum atomic E-state index is -0.823. The van der Waals surface area contributed by atoms with Crippen molar-refractivity contribution in [2.75, 3.05) is 19.6 Å². The maximum absolute atomic E-state index is 11.6. The summed E-state index contributed by atoms with van der Waals surface area (Å²) in [5, 5.41) is 13.9. The SMILES string of the molecule is O=C(CN1CCCC(C(=O)O)C1)NC(=O)NC1CC1. The number of nitrogens with zero attached hydrogens (tertiary/aromatic N) is 1. The van der Waals surface area contributed by atoms with Crippen LogP contribution in [0.5, 0.6) is 0 Å². The van der Waals surface area contributed by atoms with Gasteiger partial charge in [0.25, 0.3) is 0 Å². The average Bonchev–Trinajstić information content (AvgIpc) is 3.12. The number of aliphatic carboxylic acids is 1. The number of carboxylic acid groups (broad SMARTS) is 1. The van der Waals surface area contributed by atoms with Gasteiger partial charge in [0.2, 0.25) is 5.91 Å². The molecule has 1 saturated carbocycles. The Kier molecular flexibility index (Phi) is 4.36. The van der Waals surface area contributed by atoms with E-state index in [-0.39, 0.29) is 18.5 Å². The zero-order valence-corrected chi connectivity index (χ0v) is 10.7. The molecule has 1 atom stereocenters. The van der Waals surface area contributed by atoms with Gasteiger partial charge in [0, 0.05) is 12.6 Å². The molecular weight excluding hydrogens is 250 g/mol. The van der Waals surface area contributed by atoms with Crippen LogP contribution in [0, 0.1) is 5.92 Å². The largest absolute Gasteiger partial charge is 0.481 e. The molecule has 2 fully saturated rings. The van der Waals surface area contributed by atoms with Crippen molar-refractivity contribution in [1.82, 2.24) is 15.5 Å². The first-order chi connectivity index (χ1) is 9.04. The van der Waals surface area contributed by atoms with Crippen molar-refractivity contribution in [3.8, 4) is 0 Å². The Morgan fingerprint density at radius 3 is 2.58 bits per heavy atom. The number of hydrogen-bond donors (Lipinski definition) is 3. The van der Waals surface area contributed by atoms with Crippen LogP contribution in [0.1, 0.15) is 25.7 Å². The fourth-order valence-corrected chi connectivity index (χ4v) is 2.22. The number of rotatable bonds is 4. The summed E-state index contributed by atoms with van der Waals surface area (Å²) >= 11 is 0. The third-order valence-corrected chi connectivity index (χ3v) is 3.39. The van der Waals surface area contributed by atoms with Gasteiger partial charge in [-0.15, -0.1) is 0 Å². The van der Waals surface area contributed by atoms with Gasteiger partial charge in [-0.1, -0.05) is 0 Å². The number of urea groups is 1. The van der Waals surface area contributed by atoms with E-state index < -0.39 is 17.9 Å². The van der Waals surface area contributed by atoms with Crippen molar-refractivity contribution >= 4 is 17.9 Å². The molecule has 1 saturated heterocycles. The van der Waals surface area contributed by atoms with Gasteiger partial charge in [-0.2, -0.15) is 0 Å². The number of carboxylic acids is 1. The second-order valence-electron chi connectivity index (χ2n) is 5.21. The van der Waals surface area contributed by atoms with E-state index in [0.717, 1.165) is 19.3 Å². The molecule has 0 aromatic rings. The van der Waals surface area contributed by atoms with Gasteiger partial charge in [0.1, 0.15) is 0 Å². The number of imide groups is 1. The molecule has 2 aliphatic rings. The van der Waals surface area contributed by atoms with Crippen LogP contribution in [0.3, 0.4) is 0 Å². The highest BCUT2D eigenvalue weighted by Gasteiger charge is 2.27. The standard InChI is InChI=1S/C12H19N3O4/c16-10(14-12(19)13-9-3-4-9)7-15-5-1-2-8(6-15)11(17)18/h8-9H,1-7H2,(H,17,18)(H2,13,14,16,19). The number of carbonyl (C=O) groups excluding carboxylic acids is 2. The molecule has 7 nitrogen and oxygen atoms in total. The summed E-state index contributed by atoms with van der Waals surface area (Å²) in [6, 6.07) is -0.251. The van der Waals surface area contributed by atoms with E-state index >= 15 is 0 Å². The van der Waals surface area contributed by atoms with Gasteiger partial charge in [0.15, 0.2) is 0 Å². The van der Waals surface area contributed by atoms with E-state index in [1.54, 1.807) is 4.90 Å². The molecule has 1 aliphatic heterocycles. The van der Waals surface area contributed by atoms with Crippen molar-refractivity contribution < 1.29 is 19.5 Å². The fourth-order valence-electron chi connectivity index (χ4n) is 2.22. The molecule has 0 radical (unpaired) electrons. The van der Waals surface area contributed by atoms with E-state index in [2.05, 4.69) is 10.6 Å². The highest BCUT2D eigenvalue weighted by Crippen LogP contribution is 2.18. The average molecular weight is 269 g/mol. The summed E-state index contributed by atoms with van der Waals surface area (Å²) in [5.74, 6) is -1.62. The molecule has 3 amide bonds. The van der Waals surface area contributed by atoms with Crippen LogP contribution < -0.4 is 10.6 Å². The number of hydrogen-bond acceptors (Lipinski definition) is 4. The van der Waals surface area contributed by atoms with Crippen molar-refractivity contribution in [3.63, 3.8) is 0 Å². The van der Waals surface area contributed by atoms with Gasteiger partial charge in [-0.3, -0.25) is 19.8 Å². The molecule has 0 aromatic heterocycles. The predicted molar refractivity (Wildman–Crippen MR) is 66.5 cm³/mol. The van der Waals surface area contributed by atoms with Gasteiger partial charge in [-0.05, 0) is 32.2 Å². The maximum Gasteiger partial charge on any atom is 0.321 e. The van der Waals surface area contributed by atoms with Crippen LogP contribution in [0.25, 0.3) is 0 Å². The zero-order valence-electron chi connectivity index (χ0n) is 10.7. The molecule has 0 bridgehead atoms. The lowest BCUT2D eigenvalue weighted by atomic mass is 9.98. The van der Waals surface area contributed by atoms with Crippen LogP contribution >= 0.6 is 0 Å². The maximum atomic E-state index is 11.6. The Bertz CT molecular complexity index is 381. The number of amides is 3. The molecule has 1 heterocycles. The van der Waals surface area contributed by atoms with Crippen LogP contribution in [-0.2, 0) is 9.59 Å². The summed E-state index contributed by atoms with van der Waals surface area (Å²) in [6.07, 6.45) is 3.34. The van der Waals surface area contributed by atoms with Crippen LogP contribution in [0.15, 0.2) is 0 Å². The Hall–Kier alpha value is -1.63. The quantitative estimate of drug-likeness (QED) is 0.655. The highest BCUT2D eigenvalue weighted by atomic mass is 16.4. The van der Waals surface area contributed by atoms with E-state index in [0.29, 0.717) is 19.5 Å². The zero-order chi connectivity index (χ0) is 13.8. The second-order valence-corrected chi connectivity index (χ2v) is 5.21. The molecule has 106 valence electrons. The van der Waals surface area contributed by atoms with Crippen molar-refractivity contribution in [2.45, 2.75) is 31.7 Å². The smallest absolute Gasteiger partial charge is 0.321 e. The Balaban J connectivity index is 1.71. The van der Waals surface area contributed by atoms with Gasteiger partial charge in [0.05, 0.1) is 12.5 Å². The molecule has 1 aliphatic carbocycles. The Labute approximate surface area is 111 Å². The van der Waals surface area contributed by atoms with Crippen molar-refractivity contribution in [2.24, 2.45) is 5.92 Å². The third kappa shape index (κ3) is 4.51. The van der Waals surface area contributed by atoms with E-state index in [1.165, 1.54) is 0 Å². The lowest BCUT2D eigenvalue weighted by molar-refractivity contribution is -0.144. The lowest BCUT2D eigenvalue weighted by Crippen LogP contribution is -2.48. The van der Waals surface area contributed by atoms with E-state index in [4.69, 9.17) is 5.11 Å². The van der Waals surface area contributed by atoms with Crippen LogP contribution in [-0.4, -0.2) is 53.6 Å². The molecule has 3 N–H and O–H groups in total. The molecular formula is C12H19N3O4. The second kappa shape index (κ2) is 6.01. The third-order valence-electron chi connectivity index (χ3n) is 3.39. The molecule has 7 heteroatoms. The minimum Gasteiger partial charge on any atom is -0.481 e. The van der Waals surface area contributed by atoms with Crippen molar-refractivity contribution in [3.05, 3.63) is 0 Å². The summed E-state index contributed by atoms with van der Waals surface area (Å²) in [5.41, 5.74) is 0. The summed E-state index contributed by atoms with van der Waals surface area (Å²) in [6.45, 7) is 1.14. The predicted octanol–water partition coefficient (Wildman–Crippen LogP) is -0.229. The first kappa shape index (κ1) is 13.8. The van der Waals surface area contributed by atoms with E-state index in [9.17, 15) is 14.4 Å². The van der Waals surface area contributed by atoms with Crippen LogP contribution in [0.2, 0.25) is 0 Å². The summed E-state index contributed by atoms with van der Waals surface area (Å²) in [4.78, 5) is 35.7. The summed E-state index contributed by atoms with van der Waals surface area (Å²) < 4.78 is 0. The van der Waals surface area contributed by atoms with Crippen LogP contribution in [0.4, 0.5) is 4.79 Å². The first-order valence-corrected chi connectivity index (χ1v) is 6.60. The molecule has 1 unspecified atom stereocenters. The molecule has 19 heavy (non-hydrogen) atoms. The molecule has 0 aromatic carbocycles. The lowest BCUT2D eigenvalue weighted by Gasteiger charge is -2.29. The highest BCUT2D eigenvalue weighted by molar-refractivity contribution is 5.95. The number of piperidine rings is 1. The van der Waals surface area contributed by atoms with Gasteiger partial charge >= 0.3 is 12.0 Å². The van der Waals surface area contributed by atoms with Crippen molar-refractivity contribution in [1.29, 1.82) is 0 Å². The van der Waals surface area contributed by atoms with Gasteiger partial charge in [-0.25, -0.2) is 4.79 Å². The first-order valence-electron chi connectivity index (χ1n) is 6.60. The molecule has 2 rings (SSSR count). The number of nitrogens with one attached hydrogen (secondary N) is 2. The molecule has 0 spiro atoms. The van der Waals surface area contributed by atoms with Gasteiger partial charge < -0.3 is 10.4 Å². The number of carbonyl (C=O) groups is 3. The Morgan fingerprint density at radius 1 is 1.21 bits per heavy atom. The number of likely N-dealkylation sites (tertiary alicyclic amines) is 1. The minimum absolute atomic E-state index is 0.0713. The fraction of sp³-hybridized carbons (Fsp3) is 0.750. The summed E-state index contributed by atoms with van der Waals surface area (Å²) in [7, 11) is 0. The van der Waals surface area contributed by atoms with E-state index in [1.807, 2.05) is 0 Å². The normalized spacial score (nSPS) is 23.7. The Morgan fingerprint density at radius 2 is 1.95 bits per heavy atom.